The van der Waals surface area contributed by atoms with Crippen molar-refractivity contribution in [3.05, 3.63) is 35.9 Å². The fraction of sp³-hybridized carbons (Fsp3) is 0.667. The fourth-order valence-electron chi connectivity index (χ4n) is 4.74. The number of rotatable bonds is 14. The van der Waals surface area contributed by atoms with E-state index in [1.165, 1.54) is 0 Å². The van der Waals surface area contributed by atoms with Crippen LogP contribution < -0.4 is 5.32 Å². The number of carbonyl (C=O) groups excluding carboxylic acids is 3. The fourth-order valence-corrected chi connectivity index (χ4v) is 4.74. The zero-order valence-corrected chi connectivity index (χ0v) is 21.2. The number of aliphatic hydroxyl groups is 1. The highest BCUT2D eigenvalue weighted by Crippen LogP contribution is 2.21. The molecule has 1 aromatic rings. The van der Waals surface area contributed by atoms with Crippen LogP contribution in [0.5, 0.6) is 0 Å². The van der Waals surface area contributed by atoms with Crippen molar-refractivity contribution in [3.63, 3.8) is 0 Å². The number of aliphatic hydroxyl groups excluding tert-OH is 1. The summed E-state index contributed by atoms with van der Waals surface area (Å²) in [6.45, 7) is 7.74. The molecule has 1 saturated heterocycles. The lowest BCUT2D eigenvalue weighted by molar-refractivity contribution is -0.140. The van der Waals surface area contributed by atoms with Crippen molar-refractivity contribution in [2.75, 3.05) is 26.2 Å². The summed E-state index contributed by atoms with van der Waals surface area (Å²) in [4.78, 5) is 43.2. The van der Waals surface area contributed by atoms with E-state index in [1.54, 1.807) is 9.80 Å². The first-order chi connectivity index (χ1) is 16.4. The average Bonchev–Trinajstić information content (AvgIpc) is 3.33. The molecule has 1 heterocycles. The molecule has 0 aromatic heterocycles. The first kappa shape index (κ1) is 27.8. The van der Waals surface area contributed by atoms with Gasteiger partial charge in [-0.05, 0) is 38.7 Å². The number of hydrogen-bond donors (Lipinski definition) is 2. The van der Waals surface area contributed by atoms with Crippen LogP contribution in [-0.4, -0.2) is 71.0 Å². The largest absolute Gasteiger partial charge is 0.394 e. The van der Waals surface area contributed by atoms with Crippen LogP contribution in [0.15, 0.2) is 30.3 Å². The second-order valence-corrected chi connectivity index (χ2v) is 9.22. The Kier molecular flexibility index (Phi) is 12.1. The molecular weight excluding hydrogens is 430 g/mol. The minimum atomic E-state index is -0.723. The predicted octanol–water partition coefficient (Wildman–Crippen LogP) is 3.15. The third-order valence-corrected chi connectivity index (χ3v) is 6.83. The number of unbranched alkanes of at least 4 members (excludes halogenated alkanes) is 2. The maximum absolute atomic E-state index is 13.5. The van der Waals surface area contributed by atoms with E-state index >= 15 is 0 Å². The maximum Gasteiger partial charge on any atom is 0.245 e. The molecule has 2 rings (SSSR count). The maximum atomic E-state index is 13.5. The third kappa shape index (κ3) is 8.12. The number of likely N-dealkylation sites (tertiary alicyclic amines) is 1. The van der Waals surface area contributed by atoms with E-state index in [0.29, 0.717) is 32.5 Å². The zero-order valence-electron chi connectivity index (χ0n) is 21.2. The smallest absolute Gasteiger partial charge is 0.245 e. The highest BCUT2D eigenvalue weighted by molar-refractivity contribution is 5.91. The van der Waals surface area contributed by atoms with Gasteiger partial charge in [-0.1, -0.05) is 56.5 Å². The molecule has 190 valence electrons. The van der Waals surface area contributed by atoms with Crippen LogP contribution in [0.3, 0.4) is 0 Å². The van der Waals surface area contributed by atoms with E-state index in [-0.39, 0.29) is 36.8 Å². The molecule has 7 heteroatoms. The van der Waals surface area contributed by atoms with Gasteiger partial charge in [-0.15, -0.1) is 0 Å². The Labute approximate surface area is 204 Å². The molecule has 0 bridgehead atoms. The molecule has 0 aliphatic carbocycles. The third-order valence-electron chi connectivity index (χ3n) is 6.83. The second kappa shape index (κ2) is 14.8. The van der Waals surface area contributed by atoms with Crippen molar-refractivity contribution in [1.82, 2.24) is 15.1 Å². The van der Waals surface area contributed by atoms with E-state index in [2.05, 4.69) is 12.2 Å². The highest BCUT2D eigenvalue weighted by atomic mass is 16.3. The van der Waals surface area contributed by atoms with E-state index in [4.69, 9.17) is 0 Å². The molecule has 7 nitrogen and oxygen atoms in total. The summed E-state index contributed by atoms with van der Waals surface area (Å²) < 4.78 is 0. The second-order valence-electron chi connectivity index (χ2n) is 9.22. The number of carbonyl (C=O) groups is 3. The van der Waals surface area contributed by atoms with Gasteiger partial charge in [0.15, 0.2) is 0 Å². The van der Waals surface area contributed by atoms with Crippen molar-refractivity contribution in [3.8, 4) is 0 Å². The Bertz CT molecular complexity index is 766. The van der Waals surface area contributed by atoms with E-state index in [0.717, 1.165) is 37.7 Å². The lowest BCUT2D eigenvalue weighted by Gasteiger charge is -2.30. The normalized spacial score (nSPS) is 17.3. The minimum absolute atomic E-state index is 0.0209. The average molecular weight is 474 g/mol. The van der Waals surface area contributed by atoms with Crippen LogP contribution >= 0.6 is 0 Å². The Morgan fingerprint density at radius 2 is 1.82 bits per heavy atom. The van der Waals surface area contributed by atoms with Gasteiger partial charge in [-0.3, -0.25) is 14.4 Å². The van der Waals surface area contributed by atoms with Crippen LogP contribution in [0.1, 0.15) is 71.3 Å². The number of benzene rings is 1. The van der Waals surface area contributed by atoms with Gasteiger partial charge >= 0.3 is 0 Å². The Balaban J connectivity index is 2.20. The molecular formula is C27H43N3O4. The molecule has 0 spiro atoms. The monoisotopic (exact) mass is 473 g/mol. The van der Waals surface area contributed by atoms with Gasteiger partial charge in [0.2, 0.25) is 17.7 Å². The highest BCUT2D eigenvalue weighted by Gasteiger charge is 2.35. The molecule has 34 heavy (non-hydrogen) atoms. The Morgan fingerprint density at radius 3 is 2.44 bits per heavy atom. The number of nitrogens with one attached hydrogen (secondary N) is 1. The van der Waals surface area contributed by atoms with Crippen molar-refractivity contribution < 1.29 is 19.5 Å². The summed E-state index contributed by atoms with van der Waals surface area (Å²) in [5.41, 5.74) is 0.961. The van der Waals surface area contributed by atoms with Crippen LogP contribution in [0, 0.1) is 5.92 Å². The molecule has 0 unspecified atom stereocenters. The van der Waals surface area contributed by atoms with Gasteiger partial charge in [0.1, 0.15) is 6.04 Å². The van der Waals surface area contributed by atoms with E-state index in [9.17, 15) is 19.5 Å². The number of nitrogens with zero attached hydrogens (tertiary/aromatic N) is 2. The molecule has 3 atom stereocenters. The van der Waals surface area contributed by atoms with Gasteiger partial charge in [-0.2, -0.15) is 0 Å². The molecule has 3 amide bonds. The number of amides is 3. The Hall–Kier alpha value is -2.41. The summed E-state index contributed by atoms with van der Waals surface area (Å²) in [5.74, 6) is -0.868. The van der Waals surface area contributed by atoms with Crippen LogP contribution in [0.25, 0.3) is 0 Å². The topological polar surface area (TPSA) is 90.0 Å². The summed E-state index contributed by atoms with van der Waals surface area (Å²) in [7, 11) is 0. The van der Waals surface area contributed by atoms with E-state index < -0.39 is 12.0 Å². The lowest BCUT2D eigenvalue weighted by Crippen LogP contribution is -2.53. The summed E-state index contributed by atoms with van der Waals surface area (Å²) in [6.07, 6.45) is 5.69. The van der Waals surface area contributed by atoms with Gasteiger partial charge < -0.3 is 20.2 Å². The summed E-state index contributed by atoms with van der Waals surface area (Å²) >= 11 is 0. The molecule has 0 saturated carbocycles. The van der Waals surface area contributed by atoms with Crippen molar-refractivity contribution in [1.29, 1.82) is 0 Å². The van der Waals surface area contributed by atoms with Crippen molar-refractivity contribution in [2.24, 2.45) is 5.92 Å². The quantitative estimate of drug-likeness (QED) is 0.406. The minimum Gasteiger partial charge on any atom is -0.394 e. The van der Waals surface area contributed by atoms with Gasteiger partial charge in [0.05, 0.1) is 12.6 Å². The zero-order chi connectivity index (χ0) is 24.9. The molecule has 0 radical (unpaired) electrons. The van der Waals surface area contributed by atoms with Gasteiger partial charge in [0, 0.05) is 38.4 Å². The van der Waals surface area contributed by atoms with Gasteiger partial charge in [0.25, 0.3) is 0 Å². The summed E-state index contributed by atoms with van der Waals surface area (Å²) in [5, 5.41) is 12.7. The SMILES string of the molecule is CCCCC[C@@H](CC(=O)N(CC)CC)C(=O)N[C@@H](Cc1ccccc1)C(=O)N1CCC[C@H]1CO. The van der Waals surface area contributed by atoms with Crippen LogP contribution in [-0.2, 0) is 20.8 Å². The molecule has 1 aliphatic rings. The van der Waals surface area contributed by atoms with Crippen molar-refractivity contribution in [2.45, 2.75) is 84.2 Å². The summed E-state index contributed by atoms with van der Waals surface area (Å²) in [6, 6.07) is 8.73. The van der Waals surface area contributed by atoms with Crippen molar-refractivity contribution >= 4 is 17.7 Å². The molecule has 2 N–H and O–H groups in total. The Morgan fingerprint density at radius 1 is 1.12 bits per heavy atom. The van der Waals surface area contributed by atoms with Gasteiger partial charge in [-0.25, -0.2) is 0 Å². The first-order valence-corrected chi connectivity index (χ1v) is 13.0. The predicted molar refractivity (Wildman–Crippen MR) is 134 cm³/mol. The van der Waals surface area contributed by atoms with Crippen LogP contribution in [0.4, 0.5) is 0 Å². The standard InChI is InChI=1S/C27H43N3O4/c1-4-7-9-15-22(19-25(32)29(5-2)6-3)26(33)28-24(18-21-13-10-8-11-14-21)27(34)30-17-12-16-23(30)20-31/h8,10-11,13-14,22-24,31H,4-7,9,12,15-20H2,1-3H3,(H,28,33)/t22-,23-,24-/m0/s1. The lowest BCUT2D eigenvalue weighted by atomic mass is 9.95. The molecule has 1 aromatic carbocycles. The van der Waals surface area contributed by atoms with Crippen LogP contribution in [0.2, 0.25) is 0 Å². The molecule has 1 fully saturated rings. The molecule has 1 aliphatic heterocycles. The number of hydrogen-bond acceptors (Lipinski definition) is 4. The first-order valence-electron chi connectivity index (χ1n) is 13.0. The van der Waals surface area contributed by atoms with E-state index in [1.807, 2.05) is 44.2 Å².